The topological polar surface area (TPSA) is 206 Å². The summed E-state index contributed by atoms with van der Waals surface area (Å²) in [6.45, 7) is 17.3. The van der Waals surface area contributed by atoms with Gasteiger partial charge in [0.25, 0.3) is 0 Å². The number of nitrogens with zero attached hydrogens (tertiary/aromatic N) is 10. The highest BCUT2D eigenvalue weighted by Gasteiger charge is 2.20. The molecule has 6 heterocycles. The zero-order valence-corrected chi connectivity index (χ0v) is 36.8. The van der Waals surface area contributed by atoms with Gasteiger partial charge in [-0.05, 0) is 62.1 Å². The Bertz CT molecular complexity index is 2370. The van der Waals surface area contributed by atoms with Crippen molar-refractivity contribution in [3.63, 3.8) is 0 Å². The van der Waals surface area contributed by atoms with Gasteiger partial charge in [0.15, 0.2) is 22.9 Å². The van der Waals surface area contributed by atoms with Crippen LogP contribution in [-0.2, 0) is 12.8 Å². The van der Waals surface area contributed by atoms with Crippen LogP contribution in [0.15, 0.2) is 48.8 Å². The van der Waals surface area contributed by atoms with Crippen molar-refractivity contribution in [2.75, 3.05) is 93.9 Å². The van der Waals surface area contributed by atoms with Crippen molar-refractivity contribution in [3.8, 4) is 23.5 Å². The van der Waals surface area contributed by atoms with Gasteiger partial charge in [0, 0.05) is 65.2 Å². The molecule has 0 radical (unpaired) electrons. The van der Waals surface area contributed by atoms with E-state index in [4.69, 9.17) is 30.4 Å². The SMILES string of the molecule is CCCCOc1nc(N)c2ncc(Cc3ccc(N4CCNCC4)c(OC(C)C)c3)n2n1.CCCCOc1nc(N)c2ncc(Cc3ccc(N4CCNCC4)c(OC)c3)n2n1. The zero-order chi connectivity index (χ0) is 43.4. The van der Waals surface area contributed by atoms with E-state index in [1.54, 1.807) is 28.5 Å². The number of hydrogen-bond donors (Lipinski definition) is 4. The van der Waals surface area contributed by atoms with Crippen LogP contribution in [0.2, 0.25) is 0 Å². The second kappa shape index (κ2) is 21.1. The lowest BCUT2D eigenvalue weighted by Gasteiger charge is -2.31. The van der Waals surface area contributed by atoms with E-state index < -0.39 is 0 Å². The molecule has 0 bridgehead atoms. The lowest BCUT2D eigenvalue weighted by molar-refractivity contribution is 0.242. The smallest absolute Gasteiger partial charge is 0.336 e. The summed E-state index contributed by atoms with van der Waals surface area (Å²) in [6, 6.07) is 13.3. The van der Waals surface area contributed by atoms with Crippen LogP contribution in [0, 0.1) is 0 Å². The average Bonchev–Trinajstić information content (AvgIpc) is 3.88. The number of piperazine rings is 2. The van der Waals surface area contributed by atoms with Gasteiger partial charge in [-0.15, -0.1) is 10.2 Å². The molecule has 8 rings (SSSR count). The van der Waals surface area contributed by atoms with E-state index in [1.807, 2.05) is 0 Å². The lowest BCUT2D eigenvalue weighted by atomic mass is 10.1. The van der Waals surface area contributed by atoms with Crippen LogP contribution in [0.25, 0.3) is 11.3 Å². The highest BCUT2D eigenvalue weighted by molar-refractivity contribution is 5.63. The molecule has 18 nitrogen and oxygen atoms in total. The Labute approximate surface area is 363 Å². The Kier molecular flexibility index (Phi) is 14.9. The third-order valence-electron chi connectivity index (χ3n) is 10.7. The Hall–Kier alpha value is -6.14. The van der Waals surface area contributed by atoms with Crippen molar-refractivity contribution in [1.82, 2.24) is 49.8 Å². The number of nitrogen functional groups attached to an aromatic ring is 2. The Morgan fingerprint density at radius 3 is 1.55 bits per heavy atom. The van der Waals surface area contributed by atoms with Gasteiger partial charge in [-0.1, -0.05) is 38.8 Å². The number of imidazole rings is 2. The molecule has 0 amide bonds. The predicted molar refractivity (Wildman–Crippen MR) is 242 cm³/mol. The minimum Gasteiger partial charge on any atom is -0.495 e. The number of rotatable bonds is 17. The standard InChI is InChI=1S/C23H33N7O2.C21H29N7O2/c1-4-5-12-31-23-27-21(24)22-26-15-18(30(22)28-23)13-17-6-7-19(20(14-17)32-16(2)3)29-10-8-25-9-11-29;1-3-4-11-30-21-25-19(22)20-24-14-16(28(20)26-21)12-15-5-6-17(18(13-15)29-2)27-9-7-23-8-10-27/h6-7,14-16,25H,4-5,8-13H2,1-3H3,(H2,24,27,28);5-6,13-14,23H,3-4,7-12H2,1-2H3,(H2,22,25,26). The van der Waals surface area contributed by atoms with Crippen molar-refractivity contribution < 1.29 is 18.9 Å². The number of benzene rings is 2. The van der Waals surface area contributed by atoms with Crippen molar-refractivity contribution >= 4 is 34.3 Å². The normalized spacial score (nSPS) is 14.3. The van der Waals surface area contributed by atoms with Gasteiger partial charge < -0.3 is 50.8 Å². The second-order valence-corrected chi connectivity index (χ2v) is 15.7. The minimum atomic E-state index is 0.0954. The Morgan fingerprint density at radius 2 is 1.11 bits per heavy atom. The molecule has 0 saturated carbocycles. The third kappa shape index (κ3) is 10.8. The number of unbranched alkanes of at least 4 members (excludes halogenated alkanes) is 2. The summed E-state index contributed by atoms with van der Waals surface area (Å²) in [6.07, 6.45) is 8.92. The van der Waals surface area contributed by atoms with E-state index in [0.717, 1.165) is 123 Å². The fraction of sp³-hybridized carbons (Fsp3) is 0.500. The predicted octanol–water partition coefficient (Wildman–Crippen LogP) is 4.57. The maximum absolute atomic E-state index is 6.19. The van der Waals surface area contributed by atoms with Gasteiger partial charge in [0.05, 0.1) is 61.6 Å². The van der Waals surface area contributed by atoms with Crippen LogP contribution >= 0.6 is 0 Å². The highest BCUT2D eigenvalue weighted by Crippen LogP contribution is 2.33. The first-order chi connectivity index (χ1) is 30.2. The molecule has 332 valence electrons. The number of fused-ring (bicyclic) bond motifs is 2. The molecule has 0 unspecified atom stereocenters. The zero-order valence-electron chi connectivity index (χ0n) is 36.8. The van der Waals surface area contributed by atoms with Gasteiger partial charge in [0.2, 0.25) is 0 Å². The molecule has 2 aliphatic rings. The monoisotopic (exact) mass is 851 g/mol. The Balaban J connectivity index is 0.000000187. The molecule has 0 aliphatic carbocycles. The fourth-order valence-corrected chi connectivity index (χ4v) is 7.44. The van der Waals surface area contributed by atoms with Crippen LogP contribution in [0.5, 0.6) is 23.5 Å². The summed E-state index contributed by atoms with van der Waals surface area (Å²) in [5.41, 5.74) is 19.6. The van der Waals surface area contributed by atoms with Gasteiger partial charge in [0.1, 0.15) is 11.5 Å². The molecule has 18 heteroatoms. The Morgan fingerprint density at radius 1 is 0.661 bits per heavy atom. The second-order valence-electron chi connectivity index (χ2n) is 15.7. The maximum Gasteiger partial charge on any atom is 0.336 e. The molecule has 0 spiro atoms. The van der Waals surface area contributed by atoms with Gasteiger partial charge >= 0.3 is 12.0 Å². The van der Waals surface area contributed by atoms with E-state index in [0.29, 0.717) is 49.0 Å². The van der Waals surface area contributed by atoms with E-state index in [1.165, 1.54) is 0 Å². The van der Waals surface area contributed by atoms with Crippen LogP contribution in [0.1, 0.15) is 75.9 Å². The molecular weight excluding hydrogens is 789 g/mol. The summed E-state index contributed by atoms with van der Waals surface area (Å²) in [7, 11) is 1.72. The van der Waals surface area contributed by atoms with Crippen LogP contribution in [0.3, 0.4) is 0 Å². The summed E-state index contributed by atoms with van der Waals surface area (Å²) in [4.78, 5) is 22.0. The van der Waals surface area contributed by atoms with Crippen molar-refractivity contribution in [3.05, 3.63) is 71.3 Å². The fourth-order valence-electron chi connectivity index (χ4n) is 7.44. The van der Waals surface area contributed by atoms with Crippen LogP contribution in [-0.4, -0.2) is 118 Å². The summed E-state index contributed by atoms with van der Waals surface area (Å²) < 4.78 is 26.7. The molecular formula is C44H62N14O4. The minimum absolute atomic E-state index is 0.0954. The number of methoxy groups -OCH3 is 1. The van der Waals surface area contributed by atoms with Gasteiger partial charge in [-0.2, -0.15) is 9.97 Å². The number of hydrogen-bond acceptors (Lipinski definition) is 16. The van der Waals surface area contributed by atoms with Crippen LogP contribution < -0.4 is 50.8 Å². The first-order valence-electron chi connectivity index (χ1n) is 21.9. The van der Waals surface area contributed by atoms with E-state index in [2.05, 4.69) is 115 Å². The maximum atomic E-state index is 6.19. The van der Waals surface area contributed by atoms with Crippen molar-refractivity contribution in [2.45, 2.75) is 72.3 Å². The average molecular weight is 851 g/mol. The summed E-state index contributed by atoms with van der Waals surface area (Å²) in [5.74, 6) is 2.41. The first-order valence-corrected chi connectivity index (χ1v) is 21.9. The number of ether oxygens (including phenoxy) is 4. The molecule has 4 aromatic heterocycles. The third-order valence-corrected chi connectivity index (χ3v) is 10.7. The molecule has 2 aromatic carbocycles. The molecule has 6 aromatic rings. The molecule has 2 aliphatic heterocycles. The highest BCUT2D eigenvalue weighted by atomic mass is 16.5. The summed E-state index contributed by atoms with van der Waals surface area (Å²) >= 11 is 0. The lowest BCUT2D eigenvalue weighted by Crippen LogP contribution is -2.43. The van der Waals surface area contributed by atoms with E-state index in [-0.39, 0.29) is 18.1 Å². The first kappa shape index (κ1) is 43.9. The largest absolute Gasteiger partial charge is 0.495 e. The van der Waals surface area contributed by atoms with Crippen molar-refractivity contribution in [1.29, 1.82) is 0 Å². The molecule has 2 fully saturated rings. The van der Waals surface area contributed by atoms with Crippen molar-refractivity contribution in [2.24, 2.45) is 0 Å². The molecule has 2 saturated heterocycles. The van der Waals surface area contributed by atoms with E-state index in [9.17, 15) is 0 Å². The number of nitrogens with one attached hydrogen (secondary N) is 2. The number of anilines is 4. The quantitative estimate of drug-likeness (QED) is 0.0928. The number of nitrogens with two attached hydrogens (primary N) is 2. The summed E-state index contributed by atoms with van der Waals surface area (Å²) in [5, 5.41) is 15.8. The van der Waals surface area contributed by atoms with E-state index >= 15 is 0 Å². The molecule has 62 heavy (non-hydrogen) atoms. The van der Waals surface area contributed by atoms with Gasteiger partial charge in [-0.3, -0.25) is 0 Å². The number of aromatic nitrogens is 8. The molecule has 6 N–H and O–H groups in total. The van der Waals surface area contributed by atoms with Gasteiger partial charge in [-0.25, -0.2) is 19.0 Å². The molecule has 0 atom stereocenters. The van der Waals surface area contributed by atoms with Crippen LogP contribution in [0.4, 0.5) is 23.0 Å².